The lowest BCUT2D eigenvalue weighted by Crippen LogP contribution is -2.44. The number of hydrogen-bond acceptors (Lipinski definition) is 3. The zero-order valence-corrected chi connectivity index (χ0v) is 11.2. The highest BCUT2D eigenvalue weighted by Gasteiger charge is 2.35. The first-order valence-corrected chi connectivity index (χ1v) is 7.25. The largest absolute Gasteiger partial charge is 0.380 e. The molecule has 1 rings (SSSR count). The molecule has 1 fully saturated rings. The van der Waals surface area contributed by atoms with E-state index in [2.05, 4.69) is 25.4 Å². The molecule has 0 unspecified atom stereocenters. The molecule has 0 radical (unpaired) electrons. The van der Waals surface area contributed by atoms with E-state index in [0.717, 1.165) is 26.3 Å². The summed E-state index contributed by atoms with van der Waals surface area (Å²) in [6.07, 6.45) is 6.41. The van der Waals surface area contributed by atoms with Crippen LogP contribution in [0.3, 0.4) is 0 Å². The van der Waals surface area contributed by atoms with Crippen molar-refractivity contribution in [2.75, 3.05) is 32.6 Å². The molecule has 2 nitrogen and oxygen atoms in total. The Labute approximate surface area is 98.5 Å². The van der Waals surface area contributed by atoms with Crippen molar-refractivity contribution in [3.8, 4) is 0 Å². The molecule has 0 amide bonds. The lowest BCUT2D eigenvalue weighted by molar-refractivity contribution is 0.111. The molecule has 15 heavy (non-hydrogen) atoms. The fourth-order valence-corrected chi connectivity index (χ4v) is 2.75. The summed E-state index contributed by atoms with van der Waals surface area (Å²) in [5.41, 5.74) is 0. The Bertz CT molecular complexity index is 163. The zero-order chi connectivity index (χ0) is 11.1. The molecular weight excluding hydrogens is 206 g/mol. The number of hydrogen-bond donors (Lipinski definition) is 1. The van der Waals surface area contributed by atoms with Crippen LogP contribution < -0.4 is 5.32 Å². The van der Waals surface area contributed by atoms with Crippen LogP contribution in [0.4, 0.5) is 0 Å². The van der Waals surface area contributed by atoms with E-state index in [1.54, 1.807) is 0 Å². The Morgan fingerprint density at radius 3 is 2.60 bits per heavy atom. The van der Waals surface area contributed by atoms with E-state index in [9.17, 15) is 0 Å². The topological polar surface area (TPSA) is 21.3 Å². The monoisotopic (exact) mass is 231 g/mol. The minimum atomic E-state index is 0.554. The highest BCUT2D eigenvalue weighted by atomic mass is 32.2. The molecule has 1 aliphatic rings. The first-order chi connectivity index (χ1) is 7.18. The average molecular weight is 231 g/mol. The van der Waals surface area contributed by atoms with Gasteiger partial charge in [0.1, 0.15) is 0 Å². The standard InChI is InChI=1S/C12H25NOS/c1-11(2)9-14-8-7-13-10-12(15-3)5-4-6-12/h11,13H,4-10H2,1-3H3. The summed E-state index contributed by atoms with van der Waals surface area (Å²) in [5, 5.41) is 3.51. The van der Waals surface area contributed by atoms with Crippen molar-refractivity contribution in [2.45, 2.75) is 37.9 Å². The summed E-state index contributed by atoms with van der Waals surface area (Å²) < 4.78 is 6.08. The molecule has 0 heterocycles. The Hall–Kier alpha value is 0.270. The van der Waals surface area contributed by atoms with Gasteiger partial charge in [-0.2, -0.15) is 11.8 Å². The molecule has 1 saturated carbocycles. The SMILES string of the molecule is CSC1(CNCCOCC(C)C)CCC1. The molecule has 0 atom stereocenters. The fourth-order valence-electron chi connectivity index (χ4n) is 1.80. The fraction of sp³-hybridized carbons (Fsp3) is 1.00. The third-order valence-corrected chi connectivity index (χ3v) is 4.44. The van der Waals surface area contributed by atoms with E-state index < -0.39 is 0 Å². The quantitative estimate of drug-likeness (QED) is 0.649. The van der Waals surface area contributed by atoms with Gasteiger partial charge in [0.25, 0.3) is 0 Å². The smallest absolute Gasteiger partial charge is 0.0591 e. The van der Waals surface area contributed by atoms with E-state index >= 15 is 0 Å². The predicted molar refractivity (Wildman–Crippen MR) is 68.6 cm³/mol. The summed E-state index contributed by atoms with van der Waals surface area (Å²) in [6.45, 7) is 8.25. The van der Waals surface area contributed by atoms with Gasteiger partial charge in [-0.1, -0.05) is 20.3 Å². The van der Waals surface area contributed by atoms with Gasteiger partial charge in [-0.3, -0.25) is 0 Å². The number of nitrogens with one attached hydrogen (secondary N) is 1. The maximum absolute atomic E-state index is 5.53. The summed E-state index contributed by atoms with van der Waals surface area (Å²) in [7, 11) is 0. The second kappa shape index (κ2) is 6.77. The first-order valence-electron chi connectivity index (χ1n) is 6.02. The van der Waals surface area contributed by atoms with Crippen molar-refractivity contribution in [1.29, 1.82) is 0 Å². The van der Waals surface area contributed by atoms with Crippen molar-refractivity contribution in [2.24, 2.45) is 5.92 Å². The third kappa shape index (κ3) is 4.75. The number of ether oxygens (including phenoxy) is 1. The molecule has 0 aromatic rings. The summed E-state index contributed by atoms with van der Waals surface area (Å²) in [6, 6.07) is 0. The van der Waals surface area contributed by atoms with E-state index in [-0.39, 0.29) is 0 Å². The van der Waals surface area contributed by atoms with Crippen LogP contribution in [0.1, 0.15) is 33.1 Å². The van der Waals surface area contributed by atoms with Crippen molar-refractivity contribution in [3.63, 3.8) is 0 Å². The minimum absolute atomic E-state index is 0.554. The van der Waals surface area contributed by atoms with Gasteiger partial charge in [-0.25, -0.2) is 0 Å². The summed E-state index contributed by atoms with van der Waals surface area (Å²) >= 11 is 2.02. The van der Waals surface area contributed by atoms with Crippen LogP contribution in [0, 0.1) is 5.92 Å². The molecule has 90 valence electrons. The van der Waals surface area contributed by atoms with Crippen LogP contribution in [0.5, 0.6) is 0 Å². The van der Waals surface area contributed by atoms with Crippen LogP contribution in [-0.2, 0) is 4.74 Å². The molecule has 0 spiro atoms. The van der Waals surface area contributed by atoms with E-state index in [1.165, 1.54) is 19.3 Å². The minimum Gasteiger partial charge on any atom is -0.380 e. The molecule has 3 heteroatoms. The molecule has 0 aliphatic heterocycles. The van der Waals surface area contributed by atoms with Gasteiger partial charge in [0.2, 0.25) is 0 Å². The molecule has 0 bridgehead atoms. The Morgan fingerprint density at radius 1 is 1.40 bits per heavy atom. The van der Waals surface area contributed by atoms with E-state index in [0.29, 0.717) is 10.7 Å². The van der Waals surface area contributed by atoms with Gasteiger partial charge < -0.3 is 10.1 Å². The number of thioether (sulfide) groups is 1. The number of rotatable bonds is 8. The van der Waals surface area contributed by atoms with Crippen molar-refractivity contribution in [1.82, 2.24) is 5.32 Å². The maximum atomic E-state index is 5.53. The second-order valence-electron chi connectivity index (χ2n) is 4.89. The zero-order valence-electron chi connectivity index (χ0n) is 10.3. The molecular formula is C12H25NOS. The normalized spacial score (nSPS) is 19.2. The second-order valence-corrected chi connectivity index (χ2v) is 6.16. The lowest BCUT2D eigenvalue weighted by Gasteiger charge is -2.40. The third-order valence-electron chi connectivity index (χ3n) is 3.02. The Balaban J connectivity index is 1.92. The lowest BCUT2D eigenvalue weighted by atomic mass is 9.84. The maximum Gasteiger partial charge on any atom is 0.0591 e. The molecule has 0 aromatic carbocycles. The highest BCUT2D eigenvalue weighted by molar-refractivity contribution is 8.00. The molecule has 0 aromatic heterocycles. The van der Waals surface area contributed by atoms with Crippen LogP contribution in [0.25, 0.3) is 0 Å². The van der Waals surface area contributed by atoms with Crippen molar-refractivity contribution in [3.05, 3.63) is 0 Å². The van der Waals surface area contributed by atoms with Gasteiger partial charge >= 0.3 is 0 Å². The van der Waals surface area contributed by atoms with Crippen LogP contribution in [0.15, 0.2) is 0 Å². The van der Waals surface area contributed by atoms with Crippen LogP contribution in [0.2, 0.25) is 0 Å². The van der Waals surface area contributed by atoms with Gasteiger partial charge in [-0.15, -0.1) is 0 Å². The molecule has 0 saturated heterocycles. The molecule has 1 aliphatic carbocycles. The average Bonchev–Trinajstić information content (AvgIpc) is 2.14. The van der Waals surface area contributed by atoms with Crippen LogP contribution >= 0.6 is 11.8 Å². The van der Waals surface area contributed by atoms with Gasteiger partial charge in [0.05, 0.1) is 6.61 Å². The van der Waals surface area contributed by atoms with Crippen molar-refractivity contribution < 1.29 is 4.74 Å². The van der Waals surface area contributed by atoms with Crippen molar-refractivity contribution >= 4 is 11.8 Å². The van der Waals surface area contributed by atoms with Gasteiger partial charge in [0.15, 0.2) is 0 Å². The predicted octanol–water partition coefficient (Wildman–Crippen LogP) is 2.53. The Morgan fingerprint density at radius 2 is 2.13 bits per heavy atom. The summed E-state index contributed by atoms with van der Waals surface area (Å²) in [4.78, 5) is 0. The van der Waals surface area contributed by atoms with E-state index in [4.69, 9.17) is 4.74 Å². The molecule has 1 N–H and O–H groups in total. The van der Waals surface area contributed by atoms with E-state index in [1.807, 2.05) is 11.8 Å². The van der Waals surface area contributed by atoms with Crippen LogP contribution in [-0.4, -0.2) is 37.3 Å². The summed E-state index contributed by atoms with van der Waals surface area (Å²) in [5.74, 6) is 0.647. The first kappa shape index (κ1) is 13.3. The van der Waals surface area contributed by atoms with Gasteiger partial charge in [-0.05, 0) is 25.0 Å². The Kier molecular flexibility index (Phi) is 6.02. The van der Waals surface area contributed by atoms with Gasteiger partial charge in [0, 0.05) is 24.4 Å². The highest BCUT2D eigenvalue weighted by Crippen LogP contribution is 2.41.